The summed E-state index contributed by atoms with van der Waals surface area (Å²) >= 11 is 0. The van der Waals surface area contributed by atoms with E-state index < -0.39 is 0 Å². The van der Waals surface area contributed by atoms with Crippen LogP contribution in [0.2, 0.25) is 0 Å². The maximum atomic E-state index is 12.3. The summed E-state index contributed by atoms with van der Waals surface area (Å²) < 4.78 is 0. The Morgan fingerprint density at radius 1 is 1.00 bits per heavy atom. The molecule has 4 heteroatoms. The van der Waals surface area contributed by atoms with Gasteiger partial charge in [0.05, 0.1) is 11.8 Å². The number of fused-ring (bicyclic) bond motifs is 5. The van der Waals surface area contributed by atoms with Gasteiger partial charge >= 0.3 is 0 Å². The van der Waals surface area contributed by atoms with Crippen molar-refractivity contribution in [1.29, 1.82) is 0 Å². The number of nitrogens with zero attached hydrogens (tertiary/aromatic N) is 1. The molecule has 1 N–H and O–H groups in total. The molecular formula is C15H21NO3. The predicted octanol–water partition coefficient (Wildman–Crippen LogP) is 1.35. The highest BCUT2D eigenvalue weighted by Crippen LogP contribution is 2.52. The number of carbonyl (C=O) groups is 2. The summed E-state index contributed by atoms with van der Waals surface area (Å²) in [6.45, 7) is 0.788. The van der Waals surface area contributed by atoms with E-state index in [9.17, 15) is 9.59 Å². The number of likely N-dealkylation sites (tertiary alicyclic amines) is 1. The van der Waals surface area contributed by atoms with Crippen molar-refractivity contribution >= 4 is 11.8 Å². The summed E-state index contributed by atoms with van der Waals surface area (Å²) in [5, 5.41) is 8.71. The second kappa shape index (κ2) is 5.08. The first-order valence-electron chi connectivity index (χ1n) is 7.38. The molecule has 3 rings (SSSR count). The fraction of sp³-hybridized carbons (Fsp3) is 0.733. The first kappa shape index (κ1) is 12.9. The fourth-order valence-electron chi connectivity index (χ4n) is 3.92. The maximum Gasteiger partial charge on any atom is 0.233 e. The smallest absolute Gasteiger partial charge is 0.233 e. The summed E-state index contributed by atoms with van der Waals surface area (Å²) in [5.74, 6) is 0.638. The third kappa shape index (κ3) is 2.02. The van der Waals surface area contributed by atoms with Crippen LogP contribution in [0.15, 0.2) is 12.2 Å². The van der Waals surface area contributed by atoms with Gasteiger partial charge in [-0.15, -0.1) is 0 Å². The second-order valence-corrected chi connectivity index (χ2v) is 5.97. The molecule has 19 heavy (non-hydrogen) atoms. The molecule has 3 aliphatic rings. The number of allylic oxidation sites excluding steroid dienone is 2. The van der Waals surface area contributed by atoms with E-state index in [4.69, 9.17) is 5.11 Å². The molecule has 0 radical (unpaired) electrons. The SMILES string of the molecule is O=C1[C@@H]2[C@H](C(=O)N1CCCCCCO)[C@@H]1C=C[C@H]2C1. The highest BCUT2D eigenvalue weighted by Gasteiger charge is 2.58. The van der Waals surface area contributed by atoms with Gasteiger partial charge in [-0.25, -0.2) is 0 Å². The lowest BCUT2D eigenvalue weighted by molar-refractivity contribution is -0.140. The van der Waals surface area contributed by atoms with Crippen molar-refractivity contribution in [3.05, 3.63) is 12.2 Å². The van der Waals surface area contributed by atoms with Crippen molar-refractivity contribution < 1.29 is 14.7 Å². The Kier molecular flexibility index (Phi) is 3.44. The minimum atomic E-state index is -0.0556. The molecule has 0 aromatic carbocycles. The summed E-state index contributed by atoms with van der Waals surface area (Å²) in [6.07, 6.45) is 8.85. The number of aliphatic hydroxyl groups excluding tert-OH is 1. The van der Waals surface area contributed by atoms with Crippen LogP contribution in [0.5, 0.6) is 0 Å². The lowest BCUT2D eigenvalue weighted by Crippen LogP contribution is -2.33. The second-order valence-electron chi connectivity index (χ2n) is 5.97. The Morgan fingerprint density at radius 2 is 1.58 bits per heavy atom. The Bertz CT molecular complexity index is 388. The summed E-state index contributed by atoms with van der Waals surface area (Å²) in [4.78, 5) is 26.2. The molecule has 0 spiro atoms. The zero-order chi connectivity index (χ0) is 13.4. The van der Waals surface area contributed by atoms with Crippen LogP contribution in [0, 0.1) is 23.7 Å². The molecular weight excluding hydrogens is 242 g/mol. The summed E-state index contributed by atoms with van der Waals surface area (Å²) in [7, 11) is 0. The van der Waals surface area contributed by atoms with Gasteiger partial charge in [-0.2, -0.15) is 0 Å². The van der Waals surface area contributed by atoms with Crippen molar-refractivity contribution in [3.63, 3.8) is 0 Å². The summed E-state index contributed by atoms with van der Waals surface area (Å²) in [6, 6.07) is 0. The number of aliphatic hydroxyl groups is 1. The number of carbonyl (C=O) groups excluding carboxylic acids is 2. The third-order valence-electron chi connectivity index (χ3n) is 4.85. The van der Waals surface area contributed by atoms with E-state index in [0.717, 1.165) is 32.1 Å². The number of amides is 2. The standard InChI is InChI=1S/C15H21NO3/c17-8-4-2-1-3-7-16-14(18)12-10-5-6-11(9-10)13(12)15(16)19/h5-6,10-13,17H,1-4,7-9H2/t10-,11+,12-,13+. The number of imide groups is 1. The molecule has 2 bridgehead atoms. The largest absolute Gasteiger partial charge is 0.396 e. The fourth-order valence-corrected chi connectivity index (χ4v) is 3.92. The van der Waals surface area contributed by atoms with Crippen LogP contribution < -0.4 is 0 Å². The van der Waals surface area contributed by atoms with Gasteiger partial charge in [0.25, 0.3) is 0 Å². The number of hydrogen-bond acceptors (Lipinski definition) is 3. The minimum Gasteiger partial charge on any atom is -0.396 e. The first-order chi connectivity index (χ1) is 9.24. The topological polar surface area (TPSA) is 57.6 Å². The molecule has 4 nitrogen and oxygen atoms in total. The van der Waals surface area contributed by atoms with Crippen LogP contribution in [0.4, 0.5) is 0 Å². The van der Waals surface area contributed by atoms with E-state index >= 15 is 0 Å². The molecule has 2 aliphatic carbocycles. The molecule has 1 heterocycles. The predicted molar refractivity (Wildman–Crippen MR) is 70.0 cm³/mol. The van der Waals surface area contributed by atoms with E-state index in [2.05, 4.69) is 12.2 Å². The molecule has 0 aromatic heterocycles. The van der Waals surface area contributed by atoms with E-state index in [1.165, 1.54) is 4.90 Å². The van der Waals surface area contributed by atoms with Crippen LogP contribution in [0.25, 0.3) is 0 Å². The Balaban J connectivity index is 1.57. The van der Waals surface area contributed by atoms with Gasteiger partial charge in [0.2, 0.25) is 11.8 Å². The van der Waals surface area contributed by atoms with Crippen molar-refractivity contribution in [3.8, 4) is 0 Å². The number of rotatable bonds is 6. The molecule has 2 fully saturated rings. The normalized spacial score (nSPS) is 35.5. The van der Waals surface area contributed by atoms with Gasteiger partial charge in [-0.1, -0.05) is 25.0 Å². The molecule has 4 atom stereocenters. The van der Waals surface area contributed by atoms with Crippen LogP contribution >= 0.6 is 0 Å². The summed E-state index contributed by atoms with van der Waals surface area (Å²) in [5.41, 5.74) is 0. The van der Waals surface area contributed by atoms with E-state index in [-0.39, 0.29) is 30.3 Å². The zero-order valence-corrected chi connectivity index (χ0v) is 11.1. The molecule has 0 aromatic rings. The van der Waals surface area contributed by atoms with Crippen molar-refractivity contribution in [1.82, 2.24) is 4.90 Å². The zero-order valence-electron chi connectivity index (χ0n) is 11.1. The molecule has 1 saturated carbocycles. The van der Waals surface area contributed by atoms with Gasteiger partial charge in [0.15, 0.2) is 0 Å². The van der Waals surface area contributed by atoms with Crippen LogP contribution in [0.1, 0.15) is 32.1 Å². The highest BCUT2D eigenvalue weighted by molar-refractivity contribution is 6.06. The highest BCUT2D eigenvalue weighted by atomic mass is 16.3. The van der Waals surface area contributed by atoms with E-state index in [1.807, 2.05) is 0 Å². The molecule has 2 amide bonds. The van der Waals surface area contributed by atoms with Gasteiger partial charge in [-0.3, -0.25) is 14.5 Å². The number of unbranched alkanes of at least 4 members (excludes halogenated alkanes) is 3. The molecule has 0 unspecified atom stereocenters. The Hall–Kier alpha value is -1.16. The van der Waals surface area contributed by atoms with Gasteiger partial charge in [-0.05, 0) is 31.1 Å². The van der Waals surface area contributed by atoms with E-state index in [0.29, 0.717) is 18.4 Å². The molecule has 1 saturated heterocycles. The average Bonchev–Trinajstić information content (AvgIpc) is 3.06. The Morgan fingerprint density at radius 3 is 2.16 bits per heavy atom. The molecule has 1 aliphatic heterocycles. The van der Waals surface area contributed by atoms with Gasteiger partial charge < -0.3 is 5.11 Å². The van der Waals surface area contributed by atoms with Crippen molar-refractivity contribution in [2.45, 2.75) is 32.1 Å². The molecule has 104 valence electrons. The van der Waals surface area contributed by atoms with E-state index in [1.54, 1.807) is 0 Å². The first-order valence-corrected chi connectivity index (χ1v) is 7.38. The monoisotopic (exact) mass is 263 g/mol. The average molecular weight is 263 g/mol. The van der Waals surface area contributed by atoms with Crippen LogP contribution in [0.3, 0.4) is 0 Å². The third-order valence-corrected chi connectivity index (χ3v) is 4.85. The van der Waals surface area contributed by atoms with Crippen LogP contribution in [-0.4, -0.2) is 35.0 Å². The van der Waals surface area contributed by atoms with Crippen molar-refractivity contribution in [2.75, 3.05) is 13.2 Å². The van der Waals surface area contributed by atoms with Crippen molar-refractivity contribution in [2.24, 2.45) is 23.7 Å². The van der Waals surface area contributed by atoms with Gasteiger partial charge in [0.1, 0.15) is 0 Å². The quantitative estimate of drug-likeness (QED) is 0.447. The van der Waals surface area contributed by atoms with Gasteiger partial charge in [0, 0.05) is 13.2 Å². The van der Waals surface area contributed by atoms with Crippen LogP contribution in [-0.2, 0) is 9.59 Å². The Labute approximate surface area is 113 Å². The maximum absolute atomic E-state index is 12.3. The lowest BCUT2D eigenvalue weighted by Gasteiger charge is -2.16. The minimum absolute atomic E-state index is 0.0556. The number of hydrogen-bond donors (Lipinski definition) is 1. The lowest BCUT2D eigenvalue weighted by atomic mass is 9.85.